The molecule has 0 saturated heterocycles. The molecule has 1 aromatic heterocycles. The van der Waals surface area contributed by atoms with E-state index in [1.807, 2.05) is 24.3 Å². The first-order valence-electron chi connectivity index (χ1n) is 7.06. The Hall–Kier alpha value is -1.93. The minimum absolute atomic E-state index is 0.155. The molecule has 0 nitrogen and oxygen atoms in total. The lowest BCUT2D eigenvalue weighted by molar-refractivity contribution is 0.631. The maximum atomic E-state index is 14.4. The van der Waals surface area contributed by atoms with Crippen molar-refractivity contribution in [3.05, 3.63) is 70.9 Å². The van der Waals surface area contributed by atoms with Crippen LogP contribution in [0.25, 0.3) is 22.1 Å². The van der Waals surface area contributed by atoms with Crippen LogP contribution in [0, 0.1) is 5.82 Å². The number of halogens is 1. The Balaban J connectivity index is 1.95. The summed E-state index contributed by atoms with van der Waals surface area (Å²) in [5.41, 5.74) is 4.25. The molecular weight excluding hydrogens is 279 g/mol. The second-order valence-electron chi connectivity index (χ2n) is 5.31. The van der Waals surface area contributed by atoms with Crippen LogP contribution in [0.2, 0.25) is 0 Å². The molecule has 0 radical (unpaired) electrons. The van der Waals surface area contributed by atoms with E-state index in [-0.39, 0.29) is 5.82 Å². The minimum Gasteiger partial charge on any atom is -0.206 e. The van der Waals surface area contributed by atoms with Gasteiger partial charge in [-0.15, -0.1) is 11.3 Å². The fraction of sp³-hybridized carbons (Fsp3) is 0.158. The van der Waals surface area contributed by atoms with Gasteiger partial charge in [0.15, 0.2) is 0 Å². The highest BCUT2D eigenvalue weighted by molar-refractivity contribution is 7.16. The number of rotatable bonds is 3. The van der Waals surface area contributed by atoms with Crippen molar-refractivity contribution < 1.29 is 4.39 Å². The zero-order chi connectivity index (χ0) is 14.8. The molecule has 0 atom stereocenters. The zero-order valence-corrected chi connectivity index (χ0v) is 12.8. The van der Waals surface area contributed by atoms with E-state index in [0.29, 0.717) is 5.56 Å². The lowest BCUT2D eigenvalue weighted by atomic mass is 9.93. The Morgan fingerprint density at radius 3 is 2.62 bits per heavy atom. The molecule has 0 aliphatic heterocycles. The van der Waals surface area contributed by atoms with Crippen molar-refractivity contribution in [1.82, 2.24) is 0 Å². The Morgan fingerprint density at radius 1 is 1.14 bits per heavy atom. The van der Waals surface area contributed by atoms with E-state index in [1.54, 1.807) is 23.5 Å². The first kappa shape index (κ1) is 14.0. The van der Waals surface area contributed by atoms with Crippen molar-refractivity contribution in [2.24, 2.45) is 0 Å². The van der Waals surface area contributed by atoms with Crippen LogP contribution in [-0.4, -0.2) is 0 Å². The smallest absolute Gasteiger partial charge is 0.132 e. The van der Waals surface area contributed by atoms with Gasteiger partial charge in [0, 0.05) is 15.3 Å². The van der Waals surface area contributed by atoms with E-state index in [0.717, 1.165) is 28.2 Å². The maximum Gasteiger partial charge on any atom is 0.132 e. The molecule has 1 heterocycles. The summed E-state index contributed by atoms with van der Waals surface area (Å²) in [6, 6.07) is 9.48. The average Bonchev–Trinajstić information content (AvgIpc) is 2.96. The summed E-state index contributed by atoms with van der Waals surface area (Å²) in [4.78, 5) is 2.01. The molecule has 106 valence electrons. The quantitative estimate of drug-likeness (QED) is 0.621. The fourth-order valence-corrected chi connectivity index (χ4v) is 3.39. The molecule has 1 aromatic carbocycles. The monoisotopic (exact) mass is 296 g/mol. The average molecular weight is 296 g/mol. The van der Waals surface area contributed by atoms with Gasteiger partial charge in [-0.1, -0.05) is 42.5 Å². The molecule has 21 heavy (non-hydrogen) atoms. The summed E-state index contributed by atoms with van der Waals surface area (Å²) >= 11 is 1.56. The molecule has 0 spiro atoms. The van der Waals surface area contributed by atoms with Crippen LogP contribution < -0.4 is 0 Å². The van der Waals surface area contributed by atoms with Crippen LogP contribution in [0.5, 0.6) is 0 Å². The molecule has 0 fully saturated rings. The van der Waals surface area contributed by atoms with Gasteiger partial charge in [0.05, 0.1) is 0 Å². The standard InChI is InChI=1S/C19H17FS/c1-3-16-9-11-19(21-16)17-10-8-15(12-18(17)20)14-6-4-13(2)5-7-14/h3-4,6,8-12H,1,5,7H2,2H3. The van der Waals surface area contributed by atoms with E-state index in [9.17, 15) is 4.39 Å². The Kier molecular flexibility index (Phi) is 3.89. The van der Waals surface area contributed by atoms with Crippen LogP contribution in [0.1, 0.15) is 30.2 Å². The van der Waals surface area contributed by atoms with E-state index in [1.165, 1.54) is 11.1 Å². The van der Waals surface area contributed by atoms with Gasteiger partial charge in [0.1, 0.15) is 5.82 Å². The Bertz CT molecular complexity index is 747. The molecule has 1 aliphatic rings. The molecule has 0 bridgehead atoms. The number of allylic oxidation sites excluding steroid dienone is 4. The lowest BCUT2D eigenvalue weighted by Gasteiger charge is -2.13. The van der Waals surface area contributed by atoms with Crippen LogP contribution in [0.15, 0.2) is 54.6 Å². The third-order valence-electron chi connectivity index (χ3n) is 3.79. The van der Waals surface area contributed by atoms with Gasteiger partial charge >= 0.3 is 0 Å². The number of benzene rings is 1. The van der Waals surface area contributed by atoms with E-state index in [2.05, 4.69) is 25.7 Å². The van der Waals surface area contributed by atoms with Crippen molar-refractivity contribution in [3.63, 3.8) is 0 Å². The highest BCUT2D eigenvalue weighted by Crippen LogP contribution is 2.33. The number of thiophene rings is 1. The van der Waals surface area contributed by atoms with Gasteiger partial charge in [0.25, 0.3) is 0 Å². The summed E-state index contributed by atoms with van der Waals surface area (Å²) in [7, 11) is 0. The van der Waals surface area contributed by atoms with Gasteiger partial charge in [-0.2, -0.15) is 0 Å². The van der Waals surface area contributed by atoms with E-state index in [4.69, 9.17) is 0 Å². The maximum absolute atomic E-state index is 14.4. The van der Waals surface area contributed by atoms with Gasteiger partial charge in [-0.25, -0.2) is 4.39 Å². The number of hydrogen-bond donors (Lipinski definition) is 0. The van der Waals surface area contributed by atoms with Gasteiger partial charge in [0.2, 0.25) is 0 Å². The van der Waals surface area contributed by atoms with Gasteiger partial charge in [-0.05, 0) is 49.1 Å². The highest BCUT2D eigenvalue weighted by atomic mass is 32.1. The largest absolute Gasteiger partial charge is 0.206 e. The molecule has 0 amide bonds. The molecular formula is C19H17FS. The fourth-order valence-electron chi connectivity index (χ4n) is 2.50. The molecule has 1 aliphatic carbocycles. The molecule has 0 N–H and O–H groups in total. The summed E-state index contributed by atoms with van der Waals surface area (Å²) in [5.74, 6) is -0.155. The van der Waals surface area contributed by atoms with Crippen molar-refractivity contribution in [2.75, 3.05) is 0 Å². The second-order valence-corrected chi connectivity index (χ2v) is 6.42. The molecule has 3 rings (SSSR count). The van der Waals surface area contributed by atoms with E-state index < -0.39 is 0 Å². The highest BCUT2D eigenvalue weighted by Gasteiger charge is 2.11. The molecule has 2 heteroatoms. The third-order valence-corrected chi connectivity index (χ3v) is 4.91. The molecule has 0 saturated carbocycles. The van der Waals surface area contributed by atoms with Crippen molar-refractivity contribution in [1.29, 1.82) is 0 Å². The third kappa shape index (κ3) is 2.91. The first-order valence-corrected chi connectivity index (χ1v) is 7.88. The van der Waals surface area contributed by atoms with Crippen molar-refractivity contribution in [2.45, 2.75) is 19.8 Å². The minimum atomic E-state index is -0.155. The Labute approximate surface area is 129 Å². The number of hydrogen-bond acceptors (Lipinski definition) is 1. The van der Waals surface area contributed by atoms with Gasteiger partial charge < -0.3 is 0 Å². The topological polar surface area (TPSA) is 0 Å². The predicted molar refractivity (Wildman–Crippen MR) is 90.8 cm³/mol. The van der Waals surface area contributed by atoms with Crippen LogP contribution in [-0.2, 0) is 0 Å². The summed E-state index contributed by atoms with van der Waals surface area (Å²) in [6.45, 7) is 5.88. The van der Waals surface area contributed by atoms with Gasteiger partial charge in [-0.3, -0.25) is 0 Å². The van der Waals surface area contributed by atoms with Crippen molar-refractivity contribution >= 4 is 23.0 Å². The predicted octanol–water partition coefficient (Wildman–Crippen LogP) is 6.32. The zero-order valence-electron chi connectivity index (χ0n) is 12.0. The second kappa shape index (κ2) is 5.82. The summed E-state index contributed by atoms with van der Waals surface area (Å²) in [5, 5.41) is 0. The lowest BCUT2D eigenvalue weighted by Crippen LogP contribution is -1.93. The van der Waals surface area contributed by atoms with Crippen LogP contribution >= 0.6 is 11.3 Å². The molecule has 2 aromatic rings. The van der Waals surface area contributed by atoms with Crippen LogP contribution in [0.4, 0.5) is 4.39 Å². The summed E-state index contributed by atoms with van der Waals surface area (Å²) < 4.78 is 14.4. The van der Waals surface area contributed by atoms with Crippen LogP contribution in [0.3, 0.4) is 0 Å². The van der Waals surface area contributed by atoms with Crippen molar-refractivity contribution in [3.8, 4) is 10.4 Å². The Morgan fingerprint density at radius 2 is 2.00 bits per heavy atom. The first-order chi connectivity index (χ1) is 10.2. The summed E-state index contributed by atoms with van der Waals surface area (Å²) in [6.07, 6.45) is 8.07. The molecule has 0 unspecified atom stereocenters. The van der Waals surface area contributed by atoms with E-state index >= 15 is 0 Å². The normalized spacial score (nSPS) is 14.6. The SMILES string of the molecule is C=Cc1ccc(-c2ccc(C3=CC=C(C)CC3)cc2F)s1.